The molecular weight excluding hydrogens is 314 g/mol. The van der Waals surface area contributed by atoms with Crippen molar-refractivity contribution >= 4 is 10.0 Å². The number of methoxy groups -OCH3 is 1. The predicted molar refractivity (Wildman–Crippen MR) is 88.1 cm³/mol. The van der Waals surface area contributed by atoms with Gasteiger partial charge < -0.3 is 9.15 Å². The first kappa shape index (κ1) is 16.1. The van der Waals surface area contributed by atoms with Crippen LogP contribution in [0.25, 0.3) is 0 Å². The van der Waals surface area contributed by atoms with Crippen LogP contribution < -0.4 is 4.74 Å². The van der Waals surface area contributed by atoms with Gasteiger partial charge in [0.05, 0.1) is 19.1 Å². The molecule has 1 aliphatic rings. The van der Waals surface area contributed by atoms with Crippen LogP contribution in [0.1, 0.15) is 23.7 Å². The first-order valence-electron chi connectivity index (χ1n) is 7.72. The molecule has 5 nitrogen and oxygen atoms in total. The Morgan fingerprint density at radius 2 is 2.17 bits per heavy atom. The van der Waals surface area contributed by atoms with E-state index in [0.717, 1.165) is 23.5 Å². The average molecular weight is 335 g/mol. The standard InChI is InChI=1S/C17H21NO4S/c1-21-16-5-2-4-14(12-16)8-11-23(19,20)18-9-7-15(13-18)17-6-3-10-22-17/h2-6,10,12,15H,7-9,11,13H2,1H3. The van der Waals surface area contributed by atoms with Crippen molar-refractivity contribution in [1.29, 1.82) is 0 Å². The van der Waals surface area contributed by atoms with Crippen LogP contribution in [0.5, 0.6) is 5.75 Å². The molecule has 0 amide bonds. The van der Waals surface area contributed by atoms with Gasteiger partial charge in [0.2, 0.25) is 10.0 Å². The van der Waals surface area contributed by atoms with Gasteiger partial charge in [-0.25, -0.2) is 12.7 Å². The van der Waals surface area contributed by atoms with E-state index in [1.165, 1.54) is 0 Å². The number of hydrogen-bond donors (Lipinski definition) is 0. The summed E-state index contributed by atoms with van der Waals surface area (Å²) in [5, 5.41) is 0. The summed E-state index contributed by atoms with van der Waals surface area (Å²) in [6.45, 7) is 1.07. The molecule has 2 heterocycles. The molecule has 124 valence electrons. The summed E-state index contributed by atoms with van der Waals surface area (Å²) in [7, 11) is -1.64. The Kier molecular flexibility index (Phi) is 4.73. The van der Waals surface area contributed by atoms with Crippen molar-refractivity contribution in [3.05, 3.63) is 54.0 Å². The molecule has 3 rings (SSSR count). The minimum absolute atomic E-state index is 0.116. The van der Waals surface area contributed by atoms with Gasteiger partial charge in [-0.2, -0.15) is 0 Å². The van der Waals surface area contributed by atoms with Gasteiger partial charge in [-0.05, 0) is 42.7 Å². The quantitative estimate of drug-likeness (QED) is 0.814. The minimum Gasteiger partial charge on any atom is -0.497 e. The lowest BCUT2D eigenvalue weighted by atomic mass is 10.1. The predicted octanol–water partition coefficient (Wildman–Crippen LogP) is 2.65. The van der Waals surface area contributed by atoms with Crippen molar-refractivity contribution in [2.24, 2.45) is 0 Å². The van der Waals surface area contributed by atoms with Crippen LogP contribution in [0, 0.1) is 0 Å². The number of benzene rings is 1. The van der Waals surface area contributed by atoms with E-state index in [1.54, 1.807) is 17.7 Å². The normalized spacial score (nSPS) is 19.1. The summed E-state index contributed by atoms with van der Waals surface area (Å²) in [5.74, 6) is 1.90. The third-order valence-corrected chi connectivity index (χ3v) is 6.11. The van der Waals surface area contributed by atoms with Gasteiger partial charge >= 0.3 is 0 Å². The number of furan rings is 1. The van der Waals surface area contributed by atoms with E-state index in [4.69, 9.17) is 9.15 Å². The van der Waals surface area contributed by atoms with E-state index in [9.17, 15) is 8.42 Å². The van der Waals surface area contributed by atoms with Crippen LogP contribution in [-0.2, 0) is 16.4 Å². The highest BCUT2D eigenvalue weighted by Gasteiger charge is 2.32. The van der Waals surface area contributed by atoms with E-state index in [2.05, 4.69) is 0 Å². The first-order chi connectivity index (χ1) is 11.1. The van der Waals surface area contributed by atoms with Gasteiger partial charge in [0.1, 0.15) is 11.5 Å². The Balaban J connectivity index is 1.61. The molecule has 6 heteroatoms. The molecule has 1 atom stereocenters. The molecule has 1 fully saturated rings. The number of nitrogens with zero attached hydrogens (tertiary/aromatic N) is 1. The summed E-state index contributed by atoms with van der Waals surface area (Å²) in [5.41, 5.74) is 0.967. The Bertz CT molecular complexity index is 740. The second kappa shape index (κ2) is 6.76. The molecule has 0 aliphatic carbocycles. The van der Waals surface area contributed by atoms with Crippen molar-refractivity contribution in [2.45, 2.75) is 18.8 Å². The third-order valence-electron chi connectivity index (χ3n) is 4.27. The maximum absolute atomic E-state index is 12.5. The van der Waals surface area contributed by atoms with Gasteiger partial charge in [-0.3, -0.25) is 0 Å². The van der Waals surface area contributed by atoms with Crippen molar-refractivity contribution in [2.75, 3.05) is 26.0 Å². The Morgan fingerprint density at radius 3 is 2.91 bits per heavy atom. The average Bonchev–Trinajstić information content (AvgIpc) is 3.24. The van der Waals surface area contributed by atoms with E-state index in [0.29, 0.717) is 19.5 Å². The van der Waals surface area contributed by atoms with Crippen LogP contribution in [0.3, 0.4) is 0 Å². The third kappa shape index (κ3) is 3.76. The maximum atomic E-state index is 12.5. The van der Waals surface area contributed by atoms with Crippen LogP contribution in [-0.4, -0.2) is 38.7 Å². The second-order valence-electron chi connectivity index (χ2n) is 5.78. The lowest BCUT2D eigenvalue weighted by Gasteiger charge is -2.16. The van der Waals surface area contributed by atoms with Crippen LogP contribution in [0.15, 0.2) is 47.1 Å². The molecule has 0 bridgehead atoms. The highest BCUT2D eigenvalue weighted by Crippen LogP contribution is 2.29. The fourth-order valence-electron chi connectivity index (χ4n) is 2.94. The fourth-order valence-corrected chi connectivity index (χ4v) is 4.48. The summed E-state index contributed by atoms with van der Waals surface area (Å²) in [4.78, 5) is 0. The fraction of sp³-hybridized carbons (Fsp3) is 0.412. The zero-order valence-corrected chi connectivity index (χ0v) is 14.0. The van der Waals surface area contributed by atoms with Crippen molar-refractivity contribution in [1.82, 2.24) is 4.31 Å². The molecule has 0 N–H and O–H groups in total. The summed E-state index contributed by atoms with van der Waals surface area (Å²) >= 11 is 0. The van der Waals surface area contributed by atoms with Gasteiger partial charge in [0, 0.05) is 19.0 Å². The topological polar surface area (TPSA) is 59.8 Å². The summed E-state index contributed by atoms with van der Waals surface area (Å²) < 4.78 is 37.2. The lowest BCUT2D eigenvalue weighted by Crippen LogP contribution is -2.31. The monoisotopic (exact) mass is 335 g/mol. The van der Waals surface area contributed by atoms with Crippen molar-refractivity contribution < 1.29 is 17.6 Å². The molecule has 2 aromatic rings. The summed E-state index contributed by atoms with van der Waals surface area (Å²) in [6.07, 6.45) is 2.93. The van der Waals surface area contributed by atoms with Gasteiger partial charge in [0.15, 0.2) is 0 Å². The smallest absolute Gasteiger partial charge is 0.214 e. The highest BCUT2D eigenvalue weighted by molar-refractivity contribution is 7.89. The van der Waals surface area contributed by atoms with Crippen LogP contribution in [0.4, 0.5) is 0 Å². The number of rotatable bonds is 6. The number of ether oxygens (including phenoxy) is 1. The molecule has 1 unspecified atom stereocenters. The van der Waals surface area contributed by atoms with Crippen LogP contribution >= 0.6 is 0 Å². The Hall–Kier alpha value is -1.79. The van der Waals surface area contributed by atoms with E-state index in [1.807, 2.05) is 36.4 Å². The Labute approximate surface area is 136 Å². The molecule has 1 saturated heterocycles. The summed E-state index contributed by atoms with van der Waals surface area (Å²) in [6, 6.07) is 11.3. The molecular formula is C17H21NO4S. The van der Waals surface area contributed by atoms with Gasteiger partial charge in [-0.1, -0.05) is 12.1 Å². The molecule has 0 saturated carbocycles. The molecule has 1 aliphatic heterocycles. The Morgan fingerprint density at radius 1 is 1.30 bits per heavy atom. The SMILES string of the molecule is COc1cccc(CCS(=O)(=O)N2CCC(c3ccco3)C2)c1. The molecule has 0 spiro atoms. The van der Waals surface area contributed by atoms with E-state index < -0.39 is 10.0 Å². The molecule has 1 aromatic heterocycles. The van der Waals surface area contributed by atoms with Crippen molar-refractivity contribution in [3.63, 3.8) is 0 Å². The van der Waals surface area contributed by atoms with Crippen molar-refractivity contribution in [3.8, 4) is 5.75 Å². The first-order valence-corrected chi connectivity index (χ1v) is 9.33. The van der Waals surface area contributed by atoms with Gasteiger partial charge in [0.25, 0.3) is 0 Å². The molecule has 1 aromatic carbocycles. The van der Waals surface area contributed by atoms with Crippen LogP contribution in [0.2, 0.25) is 0 Å². The largest absolute Gasteiger partial charge is 0.497 e. The number of sulfonamides is 1. The lowest BCUT2D eigenvalue weighted by molar-refractivity contribution is 0.414. The maximum Gasteiger partial charge on any atom is 0.214 e. The number of aryl methyl sites for hydroxylation is 1. The number of hydrogen-bond acceptors (Lipinski definition) is 4. The van der Waals surface area contributed by atoms with Gasteiger partial charge in [-0.15, -0.1) is 0 Å². The highest BCUT2D eigenvalue weighted by atomic mass is 32.2. The molecule has 23 heavy (non-hydrogen) atoms. The minimum atomic E-state index is -3.25. The second-order valence-corrected chi connectivity index (χ2v) is 7.87. The van der Waals surface area contributed by atoms with E-state index >= 15 is 0 Å². The van der Waals surface area contributed by atoms with E-state index in [-0.39, 0.29) is 11.7 Å². The zero-order valence-electron chi connectivity index (χ0n) is 13.1. The molecule has 0 radical (unpaired) electrons. The zero-order chi connectivity index (χ0) is 16.3.